The van der Waals surface area contributed by atoms with Crippen LogP contribution in [0.1, 0.15) is 39.5 Å². The molecule has 1 aliphatic heterocycles. The van der Waals surface area contributed by atoms with E-state index in [2.05, 4.69) is 5.10 Å². The highest BCUT2D eigenvalue weighted by atomic mass is 19.1. The Bertz CT molecular complexity index is 860. The molecule has 6 heteroatoms. The van der Waals surface area contributed by atoms with Gasteiger partial charge in [-0.1, -0.05) is 12.1 Å². The van der Waals surface area contributed by atoms with Gasteiger partial charge in [0, 0.05) is 26.1 Å². The van der Waals surface area contributed by atoms with Crippen LogP contribution < -0.4 is 5.56 Å². The predicted molar refractivity (Wildman–Crippen MR) is 88.6 cm³/mol. The van der Waals surface area contributed by atoms with Gasteiger partial charge in [0.05, 0.1) is 5.69 Å². The molecule has 1 aromatic carbocycles. The van der Waals surface area contributed by atoms with Gasteiger partial charge < -0.3 is 4.90 Å². The van der Waals surface area contributed by atoms with E-state index in [1.807, 2.05) is 6.07 Å². The fourth-order valence-electron chi connectivity index (χ4n) is 3.24. The number of likely N-dealkylation sites (tertiary alicyclic amines) is 1. The van der Waals surface area contributed by atoms with Crippen molar-refractivity contribution in [3.63, 3.8) is 0 Å². The van der Waals surface area contributed by atoms with Gasteiger partial charge in [0.1, 0.15) is 11.4 Å². The number of nitrogens with zero attached hydrogens (tertiary/aromatic N) is 3. The number of halogens is 1. The smallest absolute Gasteiger partial charge is 0.279 e. The highest BCUT2D eigenvalue weighted by Crippen LogP contribution is 2.28. The molecule has 0 bridgehead atoms. The van der Waals surface area contributed by atoms with Crippen LogP contribution in [0.2, 0.25) is 0 Å². The number of hydrogen-bond acceptors (Lipinski definition) is 3. The quantitative estimate of drug-likeness (QED) is 0.848. The Morgan fingerprint density at radius 3 is 2.79 bits per heavy atom. The summed E-state index contributed by atoms with van der Waals surface area (Å²) in [5, 5.41) is 4.11. The third-order valence-corrected chi connectivity index (χ3v) is 4.73. The maximum absolute atomic E-state index is 13.4. The average molecular weight is 329 g/mol. The van der Waals surface area contributed by atoms with E-state index in [-0.39, 0.29) is 28.8 Å². The van der Waals surface area contributed by atoms with Crippen molar-refractivity contribution in [2.24, 2.45) is 7.05 Å². The fourth-order valence-corrected chi connectivity index (χ4v) is 3.24. The Morgan fingerprint density at radius 2 is 2.08 bits per heavy atom. The van der Waals surface area contributed by atoms with E-state index in [0.29, 0.717) is 24.3 Å². The van der Waals surface area contributed by atoms with Crippen LogP contribution in [0.4, 0.5) is 4.39 Å². The van der Waals surface area contributed by atoms with Gasteiger partial charge in [0.25, 0.3) is 11.5 Å². The molecule has 24 heavy (non-hydrogen) atoms. The van der Waals surface area contributed by atoms with Crippen molar-refractivity contribution in [3.8, 4) is 0 Å². The van der Waals surface area contributed by atoms with Gasteiger partial charge >= 0.3 is 0 Å². The Kier molecular flexibility index (Phi) is 4.22. The lowest BCUT2D eigenvalue weighted by Gasteiger charge is -2.18. The van der Waals surface area contributed by atoms with Gasteiger partial charge in [-0.15, -0.1) is 0 Å². The molecule has 2 aromatic rings. The normalized spacial score (nSPS) is 17.3. The van der Waals surface area contributed by atoms with Crippen LogP contribution in [0.3, 0.4) is 0 Å². The van der Waals surface area contributed by atoms with Crippen LogP contribution in [0.15, 0.2) is 29.1 Å². The molecule has 3 rings (SSSR count). The largest absolute Gasteiger partial charge is 0.338 e. The molecule has 1 fully saturated rings. The highest BCUT2D eigenvalue weighted by molar-refractivity contribution is 5.95. The van der Waals surface area contributed by atoms with Crippen molar-refractivity contribution in [2.45, 2.75) is 26.2 Å². The molecule has 2 heterocycles. The first-order chi connectivity index (χ1) is 11.4. The third kappa shape index (κ3) is 2.84. The maximum Gasteiger partial charge on any atom is 0.279 e. The lowest BCUT2D eigenvalue weighted by molar-refractivity contribution is 0.0787. The zero-order chi connectivity index (χ0) is 17.4. The van der Waals surface area contributed by atoms with Gasteiger partial charge in [0.15, 0.2) is 0 Å². The van der Waals surface area contributed by atoms with Crippen molar-refractivity contribution in [1.82, 2.24) is 14.7 Å². The molecule has 1 aliphatic rings. The number of benzene rings is 1. The Morgan fingerprint density at radius 1 is 1.33 bits per heavy atom. The molecule has 0 spiro atoms. The van der Waals surface area contributed by atoms with E-state index in [1.165, 1.54) is 16.8 Å². The van der Waals surface area contributed by atoms with Crippen LogP contribution in [0, 0.1) is 19.7 Å². The lowest BCUT2D eigenvalue weighted by Crippen LogP contribution is -2.37. The highest BCUT2D eigenvalue weighted by Gasteiger charge is 2.31. The Balaban J connectivity index is 1.87. The molecule has 1 aromatic heterocycles. The van der Waals surface area contributed by atoms with Crippen molar-refractivity contribution in [1.29, 1.82) is 0 Å². The SMILES string of the molecule is Cc1nn(C)c(=O)c(C(=O)N2CC[C@@H](c3cccc(F)c3)C2)c1C. The van der Waals surface area contributed by atoms with Crippen molar-refractivity contribution in [3.05, 3.63) is 62.8 Å². The Hall–Kier alpha value is -2.50. The summed E-state index contributed by atoms with van der Waals surface area (Å²) < 4.78 is 14.6. The standard InChI is InChI=1S/C18H20FN3O2/c1-11-12(2)20-21(3)17(23)16(11)18(24)22-8-7-14(10-22)13-5-4-6-15(19)9-13/h4-6,9,14H,7-8,10H2,1-3H3/t14-/m1/s1. The predicted octanol–water partition coefficient (Wildman–Crippen LogP) is 2.17. The van der Waals surface area contributed by atoms with E-state index in [9.17, 15) is 14.0 Å². The number of hydrogen-bond donors (Lipinski definition) is 0. The second kappa shape index (κ2) is 6.19. The molecular formula is C18H20FN3O2. The summed E-state index contributed by atoms with van der Waals surface area (Å²) >= 11 is 0. The summed E-state index contributed by atoms with van der Waals surface area (Å²) in [6.07, 6.45) is 0.763. The molecule has 0 N–H and O–H groups in total. The van der Waals surface area contributed by atoms with Crippen LogP contribution >= 0.6 is 0 Å². The van der Waals surface area contributed by atoms with Crippen LogP contribution in [0.5, 0.6) is 0 Å². The van der Waals surface area contributed by atoms with E-state index >= 15 is 0 Å². The number of carbonyl (C=O) groups excluding carboxylic acids is 1. The lowest BCUT2D eigenvalue weighted by atomic mass is 9.98. The third-order valence-electron chi connectivity index (χ3n) is 4.73. The molecule has 0 unspecified atom stereocenters. The molecule has 1 amide bonds. The first-order valence-corrected chi connectivity index (χ1v) is 7.97. The van der Waals surface area contributed by atoms with Gasteiger partial charge in [-0.2, -0.15) is 5.10 Å². The Labute approximate surface area is 139 Å². The number of rotatable bonds is 2. The van der Waals surface area contributed by atoms with Crippen LogP contribution in [-0.2, 0) is 7.05 Å². The van der Waals surface area contributed by atoms with Gasteiger partial charge in [-0.05, 0) is 43.5 Å². The van der Waals surface area contributed by atoms with Crippen molar-refractivity contribution in [2.75, 3.05) is 13.1 Å². The molecule has 0 aliphatic carbocycles. The van der Waals surface area contributed by atoms with E-state index in [1.54, 1.807) is 31.9 Å². The second-order valence-electron chi connectivity index (χ2n) is 6.31. The van der Waals surface area contributed by atoms with Crippen molar-refractivity contribution < 1.29 is 9.18 Å². The first kappa shape index (κ1) is 16.4. The molecule has 0 saturated carbocycles. The number of carbonyl (C=O) groups is 1. The average Bonchev–Trinajstić information content (AvgIpc) is 3.03. The number of amides is 1. The monoisotopic (exact) mass is 329 g/mol. The zero-order valence-corrected chi connectivity index (χ0v) is 14.0. The summed E-state index contributed by atoms with van der Waals surface area (Å²) in [6, 6.07) is 6.48. The van der Waals surface area contributed by atoms with E-state index < -0.39 is 0 Å². The number of aromatic nitrogens is 2. The number of aryl methyl sites for hydroxylation is 2. The fraction of sp³-hybridized carbons (Fsp3) is 0.389. The molecule has 1 saturated heterocycles. The molecule has 1 atom stereocenters. The van der Waals surface area contributed by atoms with E-state index in [0.717, 1.165) is 12.0 Å². The van der Waals surface area contributed by atoms with Gasteiger partial charge in [-0.3, -0.25) is 9.59 Å². The molecule has 5 nitrogen and oxygen atoms in total. The molecule has 126 valence electrons. The molecular weight excluding hydrogens is 309 g/mol. The minimum Gasteiger partial charge on any atom is -0.338 e. The first-order valence-electron chi connectivity index (χ1n) is 7.97. The summed E-state index contributed by atoms with van der Waals surface area (Å²) in [5.41, 5.74) is 1.99. The van der Waals surface area contributed by atoms with Crippen LogP contribution in [0.25, 0.3) is 0 Å². The topological polar surface area (TPSA) is 55.2 Å². The maximum atomic E-state index is 13.4. The second-order valence-corrected chi connectivity index (χ2v) is 6.31. The minimum atomic E-state index is -0.377. The minimum absolute atomic E-state index is 0.0942. The summed E-state index contributed by atoms with van der Waals surface area (Å²) in [6.45, 7) is 4.58. The van der Waals surface area contributed by atoms with E-state index in [4.69, 9.17) is 0 Å². The van der Waals surface area contributed by atoms with Crippen molar-refractivity contribution >= 4 is 5.91 Å². The zero-order valence-electron chi connectivity index (χ0n) is 14.0. The summed E-state index contributed by atoms with van der Waals surface area (Å²) in [7, 11) is 1.55. The van der Waals surface area contributed by atoms with Crippen LogP contribution in [-0.4, -0.2) is 33.7 Å². The molecule has 0 radical (unpaired) electrons. The summed E-state index contributed by atoms with van der Waals surface area (Å²) in [4.78, 5) is 26.9. The van der Waals surface area contributed by atoms with Gasteiger partial charge in [-0.25, -0.2) is 9.07 Å². The summed E-state index contributed by atoms with van der Waals surface area (Å²) in [5.74, 6) is -0.444. The van der Waals surface area contributed by atoms with Gasteiger partial charge in [0.2, 0.25) is 0 Å².